The maximum absolute atomic E-state index is 13.4. The fourth-order valence-electron chi connectivity index (χ4n) is 3.32. The van der Waals surface area contributed by atoms with Gasteiger partial charge in [0.15, 0.2) is 5.78 Å². The molecule has 1 aromatic heterocycles. The zero-order valence-corrected chi connectivity index (χ0v) is 18.6. The Balaban J connectivity index is 1.91. The SMILES string of the molecule is COc1ccc(OC)c(C(=O)/C=C/c2ccc(OC)c(Cn3nc(C(F)F)cc3C(F)F)c2)c1. The number of allylic oxidation sites excluding steroid dienone is 1. The first kappa shape index (κ1) is 24.8. The molecule has 0 radical (unpaired) electrons. The van der Waals surface area contributed by atoms with Crippen molar-refractivity contribution in [3.8, 4) is 17.2 Å². The van der Waals surface area contributed by atoms with Crippen molar-refractivity contribution < 1.29 is 36.6 Å². The van der Waals surface area contributed by atoms with Gasteiger partial charge < -0.3 is 14.2 Å². The van der Waals surface area contributed by atoms with Gasteiger partial charge in [0.1, 0.15) is 28.6 Å². The Morgan fingerprint density at radius 3 is 2.26 bits per heavy atom. The molecule has 0 N–H and O–H groups in total. The van der Waals surface area contributed by atoms with Crippen LogP contribution in [0.2, 0.25) is 0 Å². The van der Waals surface area contributed by atoms with E-state index >= 15 is 0 Å². The average molecular weight is 478 g/mol. The Kier molecular flexibility index (Phi) is 7.93. The van der Waals surface area contributed by atoms with E-state index in [1.165, 1.54) is 33.5 Å². The number of halogens is 4. The van der Waals surface area contributed by atoms with Gasteiger partial charge in [0.25, 0.3) is 12.9 Å². The minimum atomic E-state index is -2.98. The predicted molar refractivity (Wildman–Crippen MR) is 117 cm³/mol. The van der Waals surface area contributed by atoms with Crippen LogP contribution in [0.25, 0.3) is 6.08 Å². The Morgan fingerprint density at radius 2 is 1.65 bits per heavy atom. The summed E-state index contributed by atoms with van der Waals surface area (Å²) in [5.41, 5.74) is -0.0843. The standard InChI is InChI=1S/C24H22F4N2O4/c1-32-16-6-9-22(34-3)17(11-16)20(31)7-4-14-5-8-21(33-2)15(10-14)13-30-19(24(27)28)12-18(29-30)23(25)26/h4-12,23-24H,13H2,1-3H3/b7-4+. The number of aromatic nitrogens is 2. The summed E-state index contributed by atoms with van der Waals surface area (Å²) in [6.07, 6.45) is -3.10. The van der Waals surface area contributed by atoms with Crippen molar-refractivity contribution in [1.29, 1.82) is 0 Å². The van der Waals surface area contributed by atoms with Crippen LogP contribution in [-0.4, -0.2) is 36.9 Å². The molecule has 3 aromatic rings. The number of benzene rings is 2. The topological polar surface area (TPSA) is 62.6 Å². The Bertz CT molecular complexity index is 1190. The molecule has 3 rings (SSSR count). The minimum Gasteiger partial charge on any atom is -0.497 e. The second-order valence-corrected chi connectivity index (χ2v) is 7.09. The molecule has 180 valence electrons. The summed E-state index contributed by atoms with van der Waals surface area (Å²) >= 11 is 0. The molecule has 0 aliphatic heterocycles. The first-order chi connectivity index (χ1) is 16.3. The van der Waals surface area contributed by atoms with Gasteiger partial charge in [0, 0.05) is 5.56 Å². The van der Waals surface area contributed by atoms with Crippen molar-refractivity contribution in [2.45, 2.75) is 19.4 Å². The van der Waals surface area contributed by atoms with Gasteiger partial charge in [-0.2, -0.15) is 5.10 Å². The van der Waals surface area contributed by atoms with E-state index in [-0.39, 0.29) is 12.3 Å². The molecule has 1 heterocycles. The lowest BCUT2D eigenvalue weighted by atomic mass is 10.1. The van der Waals surface area contributed by atoms with Crippen molar-refractivity contribution >= 4 is 11.9 Å². The van der Waals surface area contributed by atoms with Crippen molar-refractivity contribution in [3.05, 3.63) is 76.6 Å². The maximum Gasteiger partial charge on any atom is 0.282 e. The van der Waals surface area contributed by atoms with Gasteiger partial charge in [-0.3, -0.25) is 9.48 Å². The van der Waals surface area contributed by atoms with Crippen molar-refractivity contribution in [2.75, 3.05) is 21.3 Å². The summed E-state index contributed by atoms with van der Waals surface area (Å²) in [6, 6.07) is 10.4. The predicted octanol–water partition coefficient (Wildman–Crippen LogP) is 5.73. The van der Waals surface area contributed by atoms with Crippen molar-refractivity contribution in [1.82, 2.24) is 9.78 Å². The number of carbonyl (C=O) groups excluding carboxylic acids is 1. The van der Waals surface area contributed by atoms with Gasteiger partial charge in [0.2, 0.25) is 0 Å². The van der Waals surface area contributed by atoms with Crippen LogP contribution in [0.4, 0.5) is 17.6 Å². The molecule has 0 aliphatic carbocycles. The van der Waals surface area contributed by atoms with Crippen LogP contribution in [0.3, 0.4) is 0 Å². The summed E-state index contributed by atoms with van der Waals surface area (Å²) in [4.78, 5) is 12.7. The summed E-state index contributed by atoms with van der Waals surface area (Å²) in [5.74, 6) is 0.870. The molecule has 0 spiro atoms. The molecule has 0 saturated carbocycles. The molecular formula is C24H22F4N2O4. The lowest BCUT2D eigenvalue weighted by Crippen LogP contribution is -2.08. The molecule has 34 heavy (non-hydrogen) atoms. The molecule has 0 bridgehead atoms. The summed E-state index contributed by atoms with van der Waals surface area (Å²) in [5, 5.41) is 3.61. The number of ether oxygens (including phenoxy) is 3. The van der Waals surface area contributed by atoms with E-state index in [0.29, 0.717) is 40.0 Å². The molecule has 0 atom stereocenters. The van der Waals surface area contributed by atoms with Crippen LogP contribution in [0, 0.1) is 0 Å². The van der Waals surface area contributed by atoms with E-state index in [1.54, 1.807) is 36.4 Å². The maximum atomic E-state index is 13.4. The first-order valence-electron chi connectivity index (χ1n) is 10.0. The fourth-order valence-corrected chi connectivity index (χ4v) is 3.32. The van der Waals surface area contributed by atoms with E-state index in [2.05, 4.69) is 5.10 Å². The monoisotopic (exact) mass is 478 g/mol. The average Bonchev–Trinajstić information content (AvgIpc) is 3.26. The molecule has 2 aromatic carbocycles. The molecule has 10 heteroatoms. The van der Waals surface area contributed by atoms with E-state index in [0.717, 1.165) is 4.68 Å². The van der Waals surface area contributed by atoms with Crippen LogP contribution in [0.1, 0.15) is 45.7 Å². The van der Waals surface area contributed by atoms with Gasteiger partial charge in [-0.15, -0.1) is 0 Å². The summed E-state index contributed by atoms with van der Waals surface area (Å²) in [7, 11) is 4.32. The van der Waals surface area contributed by atoms with E-state index in [9.17, 15) is 22.4 Å². The summed E-state index contributed by atoms with van der Waals surface area (Å²) < 4.78 is 69.2. The second-order valence-electron chi connectivity index (χ2n) is 7.09. The van der Waals surface area contributed by atoms with Crippen LogP contribution >= 0.6 is 0 Å². The highest BCUT2D eigenvalue weighted by atomic mass is 19.3. The quantitative estimate of drug-likeness (QED) is 0.212. The summed E-state index contributed by atoms with van der Waals surface area (Å²) in [6.45, 7) is -0.227. The Morgan fingerprint density at radius 1 is 0.941 bits per heavy atom. The third-order valence-electron chi connectivity index (χ3n) is 5.00. The molecule has 0 amide bonds. The lowest BCUT2D eigenvalue weighted by molar-refractivity contribution is 0.104. The van der Waals surface area contributed by atoms with E-state index in [4.69, 9.17) is 14.2 Å². The highest BCUT2D eigenvalue weighted by Gasteiger charge is 2.22. The zero-order valence-electron chi connectivity index (χ0n) is 18.6. The second kappa shape index (κ2) is 10.9. The van der Waals surface area contributed by atoms with E-state index in [1.807, 2.05) is 0 Å². The lowest BCUT2D eigenvalue weighted by Gasteiger charge is -2.12. The van der Waals surface area contributed by atoms with Crippen LogP contribution in [0.5, 0.6) is 17.2 Å². The zero-order chi connectivity index (χ0) is 24.8. The number of alkyl halides is 4. The number of hydrogen-bond donors (Lipinski definition) is 0. The van der Waals surface area contributed by atoms with Crippen LogP contribution < -0.4 is 14.2 Å². The largest absolute Gasteiger partial charge is 0.497 e. The Labute approximate surface area is 193 Å². The van der Waals surface area contributed by atoms with Crippen molar-refractivity contribution in [3.63, 3.8) is 0 Å². The normalized spacial score (nSPS) is 11.4. The van der Waals surface area contributed by atoms with Gasteiger partial charge in [-0.05, 0) is 48.0 Å². The highest BCUT2D eigenvalue weighted by Crippen LogP contribution is 2.29. The van der Waals surface area contributed by atoms with Crippen LogP contribution in [0.15, 0.2) is 48.5 Å². The number of methoxy groups -OCH3 is 3. The number of hydrogen-bond acceptors (Lipinski definition) is 5. The molecule has 0 fully saturated rings. The van der Waals surface area contributed by atoms with Gasteiger partial charge in [-0.1, -0.05) is 12.1 Å². The van der Waals surface area contributed by atoms with Gasteiger partial charge in [-0.25, -0.2) is 17.6 Å². The molecular weight excluding hydrogens is 456 g/mol. The van der Waals surface area contributed by atoms with Gasteiger partial charge >= 0.3 is 0 Å². The van der Waals surface area contributed by atoms with E-state index < -0.39 is 24.2 Å². The van der Waals surface area contributed by atoms with Crippen LogP contribution in [-0.2, 0) is 6.54 Å². The fraction of sp³-hybridized carbons (Fsp3) is 0.250. The third-order valence-corrected chi connectivity index (χ3v) is 5.00. The highest BCUT2D eigenvalue weighted by molar-refractivity contribution is 6.08. The number of ketones is 1. The minimum absolute atomic E-state index is 0.227. The van der Waals surface area contributed by atoms with Gasteiger partial charge in [0.05, 0.1) is 33.4 Å². The number of carbonyl (C=O) groups is 1. The smallest absolute Gasteiger partial charge is 0.282 e. The number of rotatable bonds is 10. The molecule has 0 aliphatic rings. The Hall–Kier alpha value is -3.82. The molecule has 0 unspecified atom stereocenters. The first-order valence-corrected chi connectivity index (χ1v) is 10.0. The third kappa shape index (κ3) is 5.56. The van der Waals surface area contributed by atoms with Crippen molar-refractivity contribution in [2.24, 2.45) is 0 Å². The molecule has 0 saturated heterocycles. The molecule has 6 nitrogen and oxygen atoms in total. The number of nitrogens with zero attached hydrogens (tertiary/aromatic N) is 2.